The fraction of sp³-hybridized carbons (Fsp3) is 0.538. The summed E-state index contributed by atoms with van der Waals surface area (Å²) in [7, 11) is 0. The van der Waals surface area contributed by atoms with Gasteiger partial charge in [0.25, 0.3) is 5.92 Å². The third-order valence-corrected chi connectivity index (χ3v) is 6.59. The maximum Gasteiger partial charge on any atom is 0.255 e. The lowest BCUT2D eigenvalue weighted by atomic mass is 9.94. The zero-order valence-corrected chi connectivity index (χ0v) is 19.5. The van der Waals surface area contributed by atoms with Gasteiger partial charge < -0.3 is 19.5 Å². The Morgan fingerprint density at radius 3 is 2.59 bits per heavy atom. The van der Waals surface area contributed by atoms with E-state index in [9.17, 15) is 13.6 Å². The molecule has 4 rings (SSSR count). The van der Waals surface area contributed by atoms with Crippen molar-refractivity contribution in [1.82, 2.24) is 4.98 Å². The highest BCUT2D eigenvalue weighted by molar-refractivity contribution is 5.85. The number of anilines is 1. The first kappa shape index (κ1) is 24.4. The first-order chi connectivity index (χ1) is 16.4. The van der Waals surface area contributed by atoms with Gasteiger partial charge in [-0.3, -0.25) is 4.79 Å². The van der Waals surface area contributed by atoms with Crippen molar-refractivity contribution in [3.05, 3.63) is 48.2 Å². The molecular weight excluding hydrogens is 442 g/mol. The van der Waals surface area contributed by atoms with Crippen LogP contribution in [-0.4, -0.2) is 54.2 Å². The Hall–Kier alpha value is -2.74. The zero-order chi connectivity index (χ0) is 24.1. The third-order valence-electron chi connectivity index (χ3n) is 6.59. The Labute approximate surface area is 198 Å². The van der Waals surface area contributed by atoms with Crippen LogP contribution < -0.4 is 14.4 Å². The van der Waals surface area contributed by atoms with Crippen LogP contribution in [0.15, 0.2) is 42.6 Å². The lowest BCUT2D eigenvalue weighted by Crippen LogP contribution is -2.25. The molecule has 0 bridgehead atoms. The minimum absolute atomic E-state index is 0.0170. The van der Waals surface area contributed by atoms with Gasteiger partial charge in [0.15, 0.2) is 0 Å². The van der Waals surface area contributed by atoms with Crippen LogP contribution in [0.4, 0.5) is 14.6 Å². The molecule has 1 aromatic heterocycles. The van der Waals surface area contributed by atoms with Crippen LogP contribution in [0.2, 0.25) is 0 Å². The second-order valence-electron chi connectivity index (χ2n) is 9.24. The van der Waals surface area contributed by atoms with E-state index in [0.717, 1.165) is 30.1 Å². The molecule has 2 heterocycles. The van der Waals surface area contributed by atoms with Crippen LogP contribution in [0.5, 0.6) is 11.5 Å². The van der Waals surface area contributed by atoms with Crippen molar-refractivity contribution in [2.45, 2.75) is 57.0 Å². The summed E-state index contributed by atoms with van der Waals surface area (Å²) in [6.07, 6.45) is 4.21. The highest BCUT2D eigenvalue weighted by Gasteiger charge is 2.57. The molecule has 6 nitrogen and oxygen atoms in total. The Bertz CT molecular complexity index is 952. The van der Waals surface area contributed by atoms with Gasteiger partial charge in [0.05, 0.1) is 25.3 Å². The molecule has 184 valence electrons. The summed E-state index contributed by atoms with van der Waals surface area (Å²) >= 11 is 0. The van der Waals surface area contributed by atoms with Crippen molar-refractivity contribution < 1.29 is 28.2 Å². The lowest BCUT2D eigenvalue weighted by Gasteiger charge is -2.19. The van der Waals surface area contributed by atoms with E-state index in [-0.39, 0.29) is 37.4 Å². The lowest BCUT2D eigenvalue weighted by molar-refractivity contribution is -0.120. The highest BCUT2D eigenvalue weighted by atomic mass is 19.3. The molecule has 0 radical (unpaired) electrons. The minimum Gasteiger partial charge on any atom is -0.491 e. The molecule has 1 aliphatic carbocycles. The summed E-state index contributed by atoms with van der Waals surface area (Å²) in [4.78, 5) is 18.9. The van der Waals surface area contributed by atoms with Gasteiger partial charge in [0, 0.05) is 38.3 Å². The van der Waals surface area contributed by atoms with E-state index in [1.807, 2.05) is 37.3 Å². The van der Waals surface area contributed by atoms with Gasteiger partial charge in [-0.2, -0.15) is 0 Å². The average Bonchev–Trinajstić information content (AvgIpc) is 3.21. The predicted molar refractivity (Wildman–Crippen MR) is 125 cm³/mol. The molecule has 3 unspecified atom stereocenters. The SMILES string of the molecule is CC(C(=O)CCCCO)c1ccc(OC2CCN(c3ccc(OCC4CC4(F)F)cn3)C2)cc1. The molecule has 34 heavy (non-hydrogen) atoms. The van der Waals surface area contributed by atoms with Crippen LogP contribution >= 0.6 is 0 Å². The quantitative estimate of drug-likeness (QED) is 0.453. The number of ketones is 1. The fourth-order valence-corrected chi connectivity index (χ4v) is 4.17. The van der Waals surface area contributed by atoms with Gasteiger partial charge in [-0.15, -0.1) is 0 Å². The van der Waals surface area contributed by atoms with E-state index >= 15 is 0 Å². The number of ether oxygens (including phenoxy) is 2. The number of aromatic nitrogens is 1. The second kappa shape index (κ2) is 10.7. The van der Waals surface area contributed by atoms with Gasteiger partial charge in [-0.05, 0) is 42.7 Å². The third kappa shape index (κ3) is 6.23. The summed E-state index contributed by atoms with van der Waals surface area (Å²) in [6, 6.07) is 11.3. The molecule has 1 saturated carbocycles. The first-order valence-corrected chi connectivity index (χ1v) is 12.0. The van der Waals surface area contributed by atoms with E-state index in [4.69, 9.17) is 14.6 Å². The molecule has 1 aliphatic heterocycles. The number of pyridine rings is 1. The zero-order valence-electron chi connectivity index (χ0n) is 19.5. The number of Topliss-reactive ketones (excluding diaryl/α,β-unsaturated/α-hetero) is 1. The molecule has 8 heteroatoms. The van der Waals surface area contributed by atoms with Crippen LogP contribution in [-0.2, 0) is 4.79 Å². The largest absolute Gasteiger partial charge is 0.491 e. The number of rotatable bonds is 12. The number of benzene rings is 1. The Morgan fingerprint density at radius 1 is 1.21 bits per heavy atom. The molecule has 0 spiro atoms. The Morgan fingerprint density at radius 2 is 1.94 bits per heavy atom. The number of alkyl halides is 2. The van der Waals surface area contributed by atoms with Crippen LogP contribution in [0.1, 0.15) is 50.5 Å². The van der Waals surface area contributed by atoms with Crippen molar-refractivity contribution in [3.8, 4) is 11.5 Å². The average molecular weight is 475 g/mol. The molecule has 2 aliphatic rings. The van der Waals surface area contributed by atoms with Crippen molar-refractivity contribution in [1.29, 1.82) is 0 Å². The minimum atomic E-state index is -2.57. The molecular formula is C26H32F2N2O4. The number of aliphatic hydroxyl groups is 1. The number of aliphatic hydroxyl groups excluding tert-OH is 1. The maximum atomic E-state index is 13.0. The monoisotopic (exact) mass is 474 g/mol. The molecule has 1 saturated heterocycles. The fourth-order valence-electron chi connectivity index (χ4n) is 4.17. The first-order valence-electron chi connectivity index (χ1n) is 12.0. The Balaban J connectivity index is 1.23. The van der Waals surface area contributed by atoms with Crippen molar-refractivity contribution >= 4 is 11.6 Å². The maximum absolute atomic E-state index is 13.0. The molecule has 1 aromatic carbocycles. The predicted octanol–water partition coefficient (Wildman–Crippen LogP) is 4.61. The van der Waals surface area contributed by atoms with E-state index in [1.54, 1.807) is 12.3 Å². The molecule has 0 amide bonds. The smallest absolute Gasteiger partial charge is 0.255 e. The van der Waals surface area contributed by atoms with Gasteiger partial charge in [-0.25, -0.2) is 13.8 Å². The van der Waals surface area contributed by atoms with Crippen LogP contribution in [0.3, 0.4) is 0 Å². The molecule has 2 aromatic rings. The highest BCUT2D eigenvalue weighted by Crippen LogP contribution is 2.48. The van der Waals surface area contributed by atoms with Crippen molar-refractivity contribution in [2.75, 3.05) is 31.2 Å². The summed E-state index contributed by atoms with van der Waals surface area (Å²) in [5.74, 6) is -1.17. The number of halogens is 2. The number of hydrogen-bond donors (Lipinski definition) is 1. The second-order valence-corrected chi connectivity index (χ2v) is 9.24. The van der Waals surface area contributed by atoms with E-state index in [1.165, 1.54) is 0 Å². The van der Waals surface area contributed by atoms with Gasteiger partial charge in [-0.1, -0.05) is 19.1 Å². The number of carbonyl (C=O) groups is 1. The van der Waals surface area contributed by atoms with Gasteiger partial charge >= 0.3 is 0 Å². The summed E-state index contributed by atoms with van der Waals surface area (Å²) < 4.78 is 37.5. The summed E-state index contributed by atoms with van der Waals surface area (Å²) in [5.41, 5.74) is 0.964. The van der Waals surface area contributed by atoms with E-state index < -0.39 is 11.8 Å². The standard InChI is InChI=1S/C26H32F2N2O4/c1-18(24(32)4-2-3-13-31)19-5-7-21(8-6-19)34-23-11-12-30(16-23)25-10-9-22(15-29-25)33-17-20-14-26(20,27)28/h5-10,15,18,20,23,31H,2-4,11-14,16-17H2,1H3. The number of nitrogens with zero attached hydrogens (tertiary/aromatic N) is 2. The van der Waals surface area contributed by atoms with E-state index in [0.29, 0.717) is 31.6 Å². The molecule has 3 atom stereocenters. The molecule has 1 N–H and O–H groups in total. The molecule has 2 fully saturated rings. The summed E-state index contributed by atoms with van der Waals surface area (Å²) in [5, 5.41) is 8.87. The Kier molecular flexibility index (Phi) is 7.66. The van der Waals surface area contributed by atoms with E-state index in [2.05, 4.69) is 9.88 Å². The number of carbonyl (C=O) groups excluding carboxylic acids is 1. The van der Waals surface area contributed by atoms with Crippen molar-refractivity contribution in [3.63, 3.8) is 0 Å². The van der Waals surface area contributed by atoms with Gasteiger partial charge in [0.1, 0.15) is 29.2 Å². The van der Waals surface area contributed by atoms with Gasteiger partial charge in [0.2, 0.25) is 0 Å². The number of hydrogen-bond acceptors (Lipinski definition) is 6. The van der Waals surface area contributed by atoms with Crippen LogP contribution in [0.25, 0.3) is 0 Å². The number of unbranched alkanes of at least 4 members (excludes halogenated alkanes) is 1. The van der Waals surface area contributed by atoms with Crippen LogP contribution in [0, 0.1) is 5.92 Å². The summed E-state index contributed by atoms with van der Waals surface area (Å²) in [6.45, 7) is 3.55. The van der Waals surface area contributed by atoms with Crippen molar-refractivity contribution in [2.24, 2.45) is 5.92 Å². The normalized spacial score (nSPS) is 21.8. The topological polar surface area (TPSA) is 71.9 Å².